The molecule has 1 amide bonds. The Morgan fingerprint density at radius 1 is 1.14 bits per heavy atom. The molecule has 0 spiro atoms. The van der Waals surface area contributed by atoms with Crippen LogP contribution < -0.4 is 0 Å². The quantitative estimate of drug-likeness (QED) is 0.679. The monoisotopic (exact) mass is 389 g/mol. The number of carbonyl (C=O) groups excluding carboxylic acids is 1. The number of amides is 1. The molecule has 2 fully saturated rings. The number of fused-ring (bicyclic) bond motifs is 2. The lowest BCUT2D eigenvalue weighted by molar-refractivity contribution is -0.130. The molecule has 2 aliphatic rings. The minimum atomic E-state index is -0.242. The average molecular weight is 389 g/mol. The van der Waals surface area contributed by atoms with Crippen LogP contribution in [0.5, 0.6) is 0 Å². The molecule has 0 unspecified atom stereocenters. The van der Waals surface area contributed by atoms with Gasteiger partial charge in [0.2, 0.25) is 5.91 Å². The maximum Gasteiger partial charge on any atom is 0.219 e. The summed E-state index contributed by atoms with van der Waals surface area (Å²) in [6, 6.07) is 15.1. The predicted octanol–water partition coefficient (Wildman–Crippen LogP) is 4.03. The summed E-state index contributed by atoms with van der Waals surface area (Å²) < 4.78 is 13.9. The number of rotatable bonds is 3. The lowest BCUT2D eigenvalue weighted by atomic mass is 9.89. The molecule has 3 aromatic rings. The number of carbonyl (C=O) groups is 1. The fourth-order valence-electron chi connectivity index (χ4n) is 5.28. The molecule has 0 N–H and O–H groups in total. The van der Waals surface area contributed by atoms with Crippen molar-refractivity contribution in [2.24, 2.45) is 11.8 Å². The van der Waals surface area contributed by atoms with E-state index in [1.807, 2.05) is 23.4 Å². The molecule has 3 heterocycles. The molecule has 5 heteroatoms. The Bertz CT molecular complexity index is 1060. The van der Waals surface area contributed by atoms with Crippen LogP contribution in [0.25, 0.3) is 10.8 Å². The number of aromatic nitrogens is 1. The average Bonchev–Trinajstić information content (AvgIpc) is 3.25. The maximum atomic E-state index is 13.9. The molecule has 1 aromatic heterocycles. The van der Waals surface area contributed by atoms with E-state index in [0.717, 1.165) is 37.1 Å². The minimum Gasteiger partial charge on any atom is -0.335 e. The van der Waals surface area contributed by atoms with E-state index in [-0.39, 0.29) is 17.8 Å². The number of likely N-dealkylation sites (tertiary alicyclic amines) is 2. The van der Waals surface area contributed by atoms with E-state index in [4.69, 9.17) is 0 Å². The summed E-state index contributed by atoms with van der Waals surface area (Å²) in [5, 5.41) is 2.40. The number of halogens is 1. The summed E-state index contributed by atoms with van der Waals surface area (Å²) in [5.74, 6) is 0.580. The van der Waals surface area contributed by atoms with Gasteiger partial charge in [-0.25, -0.2) is 4.39 Å². The summed E-state index contributed by atoms with van der Waals surface area (Å²) in [4.78, 5) is 20.9. The predicted molar refractivity (Wildman–Crippen MR) is 111 cm³/mol. The molecule has 0 aliphatic carbocycles. The SMILES string of the molecule is CC(=O)N1C[C@H]2CN(Cc3cccc4cnccc34)C[C@H]2[C@@H]1c1cccc(F)c1. The van der Waals surface area contributed by atoms with Gasteiger partial charge in [-0.1, -0.05) is 30.3 Å². The van der Waals surface area contributed by atoms with Gasteiger partial charge in [0.15, 0.2) is 0 Å². The largest absolute Gasteiger partial charge is 0.335 e. The van der Waals surface area contributed by atoms with Crippen molar-refractivity contribution in [1.82, 2.24) is 14.8 Å². The van der Waals surface area contributed by atoms with Crippen molar-refractivity contribution in [3.8, 4) is 0 Å². The summed E-state index contributed by atoms with van der Waals surface area (Å²) in [7, 11) is 0. The second-order valence-electron chi connectivity index (χ2n) is 8.30. The van der Waals surface area contributed by atoms with Gasteiger partial charge in [-0.15, -0.1) is 0 Å². The molecule has 3 atom stereocenters. The lowest BCUT2D eigenvalue weighted by Gasteiger charge is -2.29. The van der Waals surface area contributed by atoms with Crippen LogP contribution in [0.15, 0.2) is 60.9 Å². The van der Waals surface area contributed by atoms with Crippen LogP contribution in [0.2, 0.25) is 0 Å². The number of nitrogens with zero attached hydrogens (tertiary/aromatic N) is 3. The fraction of sp³-hybridized carbons (Fsp3) is 0.333. The zero-order valence-electron chi connectivity index (χ0n) is 16.5. The van der Waals surface area contributed by atoms with Crippen molar-refractivity contribution in [3.05, 3.63) is 77.9 Å². The fourth-order valence-corrected chi connectivity index (χ4v) is 5.28. The Kier molecular flexibility index (Phi) is 4.55. The van der Waals surface area contributed by atoms with E-state index in [9.17, 15) is 9.18 Å². The molecule has 2 saturated heterocycles. The number of hydrogen-bond donors (Lipinski definition) is 0. The second kappa shape index (κ2) is 7.23. The minimum absolute atomic E-state index is 0.0464. The van der Waals surface area contributed by atoms with Crippen LogP contribution in [0.3, 0.4) is 0 Å². The Labute approximate surface area is 170 Å². The van der Waals surface area contributed by atoms with Gasteiger partial charge in [-0.3, -0.25) is 14.7 Å². The standard InChI is InChI=1S/C24H24FN3O/c1-16(29)28-14-20-13-27(12-19-6-2-5-18-11-26-9-8-22(18)19)15-23(20)24(28)17-4-3-7-21(25)10-17/h2-11,20,23-24H,12-15H2,1H3/t20-,23-,24+/m1/s1. The highest BCUT2D eigenvalue weighted by molar-refractivity contribution is 5.84. The first-order valence-corrected chi connectivity index (χ1v) is 10.2. The summed E-state index contributed by atoms with van der Waals surface area (Å²) in [6.45, 7) is 5.12. The van der Waals surface area contributed by atoms with E-state index >= 15 is 0 Å². The molecule has 4 nitrogen and oxygen atoms in total. The molecular weight excluding hydrogens is 365 g/mol. The Morgan fingerprint density at radius 3 is 2.83 bits per heavy atom. The summed E-state index contributed by atoms with van der Waals surface area (Å²) in [6.07, 6.45) is 3.75. The highest BCUT2D eigenvalue weighted by Gasteiger charge is 2.48. The molecule has 0 radical (unpaired) electrons. The van der Waals surface area contributed by atoms with E-state index in [2.05, 4.69) is 34.1 Å². The Balaban J connectivity index is 1.41. The van der Waals surface area contributed by atoms with Gasteiger partial charge in [0, 0.05) is 56.8 Å². The Hall–Kier alpha value is -2.79. The lowest BCUT2D eigenvalue weighted by Crippen LogP contribution is -2.34. The maximum absolute atomic E-state index is 13.9. The van der Waals surface area contributed by atoms with Gasteiger partial charge in [0.25, 0.3) is 0 Å². The van der Waals surface area contributed by atoms with E-state index in [1.54, 1.807) is 19.1 Å². The van der Waals surface area contributed by atoms with Gasteiger partial charge in [-0.05, 0) is 40.6 Å². The zero-order chi connectivity index (χ0) is 20.0. The van der Waals surface area contributed by atoms with Crippen molar-refractivity contribution in [3.63, 3.8) is 0 Å². The number of pyridine rings is 1. The highest BCUT2D eigenvalue weighted by atomic mass is 19.1. The van der Waals surface area contributed by atoms with Gasteiger partial charge in [0.05, 0.1) is 6.04 Å². The van der Waals surface area contributed by atoms with E-state index in [1.165, 1.54) is 17.0 Å². The first-order chi connectivity index (χ1) is 14.1. The van der Waals surface area contributed by atoms with Crippen molar-refractivity contribution >= 4 is 16.7 Å². The third-order valence-electron chi connectivity index (χ3n) is 6.50. The zero-order valence-corrected chi connectivity index (χ0v) is 16.5. The molecule has 2 aromatic carbocycles. The molecule has 0 bridgehead atoms. The van der Waals surface area contributed by atoms with Gasteiger partial charge in [-0.2, -0.15) is 0 Å². The van der Waals surface area contributed by atoms with Gasteiger partial charge < -0.3 is 4.90 Å². The van der Waals surface area contributed by atoms with Crippen LogP contribution in [0.4, 0.5) is 4.39 Å². The number of hydrogen-bond acceptors (Lipinski definition) is 3. The third kappa shape index (κ3) is 3.29. The third-order valence-corrected chi connectivity index (χ3v) is 6.50. The van der Waals surface area contributed by atoms with Crippen molar-refractivity contribution in [2.45, 2.75) is 19.5 Å². The molecule has 0 saturated carbocycles. The van der Waals surface area contributed by atoms with Crippen LogP contribution in [-0.2, 0) is 11.3 Å². The molecule has 5 rings (SSSR count). The van der Waals surface area contributed by atoms with Crippen LogP contribution >= 0.6 is 0 Å². The van der Waals surface area contributed by atoms with Crippen molar-refractivity contribution < 1.29 is 9.18 Å². The van der Waals surface area contributed by atoms with Crippen molar-refractivity contribution in [2.75, 3.05) is 19.6 Å². The number of benzene rings is 2. The molecular formula is C24H24FN3O. The smallest absolute Gasteiger partial charge is 0.219 e. The van der Waals surface area contributed by atoms with Crippen LogP contribution in [0, 0.1) is 17.7 Å². The van der Waals surface area contributed by atoms with Crippen LogP contribution in [-0.4, -0.2) is 40.3 Å². The van der Waals surface area contributed by atoms with E-state index < -0.39 is 0 Å². The summed E-state index contributed by atoms with van der Waals surface area (Å²) in [5.41, 5.74) is 2.21. The van der Waals surface area contributed by atoms with E-state index in [0.29, 0.717) is 11.8 Å². The first-order valence-electron chi connectivity index (χ1n) is 10.2. The Morgan fingerprint density at radius 2 is 2.00 bits per heavy atom. The normalized spacial score (nSPS) is 24.2. The summed E-state index contributed by atoms with van der Waals surface area (Å²) >= 11 is 0. The molecule has 29 heavy (non-hydrogen) atoms. The highest BCUT2D eigenvalue weighted by Crippen LogP contribution is 2.45. The van der Waals surface area contributed by atoms with Crippen molar-refractivity contribution in [1.29, 1.82) is 0 Å². The molecule has 2 aliphatic heterocycles. The topological polar surface area (TPSA) is 36.4 Å². The second-order valence-corrected chi connectivity index (χ2v) is 8.30. The molecule has 148 valence electrons. The van der Waals surface area contributed by atoms with Gasteiger partial charge in [0.1, 0.15) is 5.82 Å². The first kappa shape index (κ1) is 18.3. The van der Waals surface area contributed by atoms with Gasteiger partial charge >= 0.3 is 0 Å². The van der Waals surface area contributed by atoms with Crippen LogP contribution in [0.1, 0.15) is 24.1 Å².